The molecule has 1 amide bonds. The molecule has 0 saturated carbocycles. The standard InChI is InChI=1S/C15H20N2OS/c16-15(19)13-8-6-12(7-9-13)11-17-10-4-2-1-3-5-14(17)18/h6-9H,1-5,10-11H2,(H2,16,19). The molecule has 1 aliphatic heterocycles. The van der Waals surface area contributed by atoms with E-state index in [9.17, 15) is 4.79 Å². The van der Waals surface area contributed by atoms with Gasteiger partial charge in [-0.3, -0.25) is 4.79 Å². The average Bonchev–Trinajstić information content (AvgIpc) is 2.39. The highest BCUT2D eigenvalue weighted by Crippen LogP contribution is 2.15. The quantitative estimate of drug-likeness (QED) is 0.863. The fourth-order valence-corrected chi connectivity index (χ4v) is 2.51. The van der Waals surface area contributed by atoms with Gasteiger partial charge >= 0.3 is 0 Å². The molecule has 0 aliphatic carbocycles. The second-order valence-electron chi connectivity index (χ2n) is 5.04. The molecule has 0 atom stereocenters. The second-order valence-corrected chi connectivity index (χ2v) is 5.48. The molecule has 1 heterocycles. The van der Waals surface area contributed by atoms with E-state index in [1.807, 2.05) is 29.2 Å². The lowest BCUT2D eigenvalue weighted by Gasteiger charge is -2.25. The van der Waals surface area contributed by atoms with Crippen LogP contribution in [-0.2, 0) is 11.3 Å². The maximum absolute atomic E-state index is 12.0. The van der Waals surface area contributed by atoms with Gasteiger partial charge < -0.3 is 10.6 Å². The number of hydrogen-bond donors (Lipinski definition) is 1. The molecule has 1 aliphatic rings. The molecule has 0 bridgehead atoms. The molecular formula is C15H20N2OS. The van der Waals surface area contributed by atoms with Crippen LogP contribution in [0.25, 0.3) is 0 Å². The lowest BCUT2D eigenvalue weighted by atomic mass is 10.1. The van der Waals surface area contributed by atoms with Gasteiger partial charge in [0.05, 0.1) is 0 Å². The summed E-state index contributed by atoms with van der Waals surface area (Å²) < 4.78 is 0. The van der Waals surface area contributed by atoms with Gasteiger partial charge in [0.15, 0.2) is 0 Å². The van der Waals surface area contributed by atoms with Crippen LogP contribution in [-0.4, -0.2) is 22.3 Å². The Labute approximate surface area is 119 Å². The number of benzene rings is 1. The number of amides is 1. The van der Waals surface area contributed by atoms with Crippen LogP contribution in [0, 0.1) is 0 Å². The maximum atomic E-state index is 12.0. The second kappa shape index (κ2) is 6.66. The highest BCUT2D eigenvalue weighted by atomic mass is 32.1. The maximum Gasteiger partial charge on any atom is 0.222 e. The van der Waals surface area contributed by atoms with Crippen LogP contribution in [0.2, 0.25) is 0 Å². The van der Waals surface area contributed by atoms with E-state index >= 15 is 0 Å². The zero-order chi connectivity index (χ0) is 13.7. The molecule has 102 valence electrons. The molecule has 2 rings (SSSR count). The van der Waals surface area contributed by atoms with E-state index in [2.05, 4.69) is 0 Å². The summed E-state index contributed by atoms with van der Waals surface area (Å²) in [5, 5.41) is 0. The first-order valence-corrected chi connectivity index (χ1v) is 7.24. The first kappa shape index (κ1) is 14.0. The first-order chi connectivity index (χ1) is 9.16. The van der Waals surface area contributed by atoms with E-state index in [4.69, 9.17) is 18.0 Å². The summed E-state index contributed by atoms with van der Waals surface area (Å²) in [6.45, 7) is 1.56. The molecule has 2 N–H and O–H groups in total. The van der Waals surface area contributed by atoms with Crippen molar-refractivity contribution in [3.8, 4) is 0 Å². The highest BCUT2D eigenvalue weighted by Gasteiger charge is 2.15. The largest absolute Gasteiger partial charge is 0.389 e. The molecule has 3 nitrogen and oxygen atoms in total. The predicted octanol–water partition coefficient (Wildman–Crippen LogP) is 2.61. The van der Waals surface area contributed by atoms with Crippen LogP contribution in [0.15, 0.2) is 24.3 Å². The lowest BCUT2D eigenvalue weighted by Crippen LogP contribution is -2.32. The molecule has 1 aromatic carbocycles. The molecule has 0 aromatic heterocycles. The van der Waals surface area contributed by atoms with Crippen LogP contribution in [0.5, 0.6) is 0 Å². The zero-order valence-electron chi connectivity index (χ0n) is 11.1. The number of rotatable bonds is 3. The van der Waals surface area contributed by atoms with Gasteiger partial charge in [0.2, 0.25) is 5.91 Å². The minimum Gasteiger partial charge on any atom is -0.389 e. The van der Waals surface area contributed by atoms with Gasteiger partial charge in [-0.15, -0.1) is 0 Å². The Balaban J connectivity index is 2.01. The van der Waals surface area contributed by atoms with Gasteiger partial charge in [-0.05, 0) is 18.4 Å². The van der Waals surface area contributed by atoms with E-state index < -0.39 is 0 Å². The molecule has 0 spiro atoms. The van der Waals surface area contributed by atoms with Crippen LogP contribution in [0.3, 0.4) is 0 Å². The van der Waals surface area contributed by atoms with Crippen LogP contribution in [0.4, 0.5) is 0 Å². The molecule has 1 saturated heterocycles. The summed E-state index contributed by atoms with van der Waals surface area (Å²) in [4.78, 5) is 14.4. The van der Waals surface area contributed by atoms with Crippen molar-refractivity contribution in [3.63, 3.8) is 0 Å². The van der Waals surface area contributed by atoms with E-state index in [0.717, 1.165) is 30.5 Å². The predicted molar refractivity (Wildman–Crippen MR) is 80.8 cm³/mol. The number of nitrogens with two attached hydrogens (primary N) is 1. The third-order valence-electron chi connectivity index (χ3n) is 3.53. The van der Waals surface area contributed by atoms with E-state index in [0.29, 0.717) is 18.0 Å². The van der Waals surface area contributed by atoms with Crippen molar-refractivity contribution < 1.29 is 4.79 Å². The summed E-state index contributed by atoms with van der Waals surface area (Å²) in [5.74, 6) is 0.276. The fourth-order valence-electron chi connectivity index (χ4n) is 2.38. The van der Waals surface area contributed by atoms with Crippen molar-refractivity contribution in [3.05, 3.63) is 35.4 Å². The van der Waals surface area contributed by atoms with Gasteiger partial charge in [0.1, 0.15) is 4.99 Å². The molecular weight excluding hydrogens is 256 g/mol. The topological polar surface area (TPSA) is 46.3 Å². The number of thiocarbonyl (C=S) groups is 1. The first-order valence-electron chi connectivity index (χ1n) is 6.83. The lowest BCUT2D eigenvalue weighted by molar-refractivity contribution is -0.132. The summed E-state index contributed by atoms with van der Waals surface area (Å²) in [6, 6.07) is 7.85. The van der Waals surface area contributed by atoms with Gasteiger partial charge in [-0.2, -0.15) is 0 Å². The number of carbonyl (C=O) groups excluding carboxylic acids is 1. The van der Waals surface area contributed by atoms with Crippen molar-refractivity contribution in [1.29, 1.82) is 0 Å². The Morgan fingerprint density at radius 1 is 1.16 bits per heavy atom. The third-order valence-corrected chi connectivity index (χ3v) is 3.77. The van der Waals surface area contributed by atoms with Crippen molar-refractivity contribution in [2.45, 2.75) is 38.6 Å². The zero-order valence-corrected chi connectivity index (χ0v) is 11.9. The van der Waals surface area contributed by atoms with E-state index in [-0.39, 0.29) is 5.91 Å². The van der Waals surface area contributed by atoms with Crippen LogP contribution in [0.1, 0.15) is 43.2 Å². The summed E-state index contributed by atoms with van der Waals surface area (Å²) in [7, 11) is 0. The summed E-state index contributed by atoms with van der Waals surface area (Å²) in [5.41, 5.74) is 7.58. The van der Waals surface area contributed by atoms with Crippen molar-refractivity contribution in [2.24, 2.45) is 5.73 Å². The molecule has 4 heteroatoms. The SMILES string of the molecule is NC(=S)c1ccc(CN2CCCCCCC2=O)cc1. The van der Waals surface area contributed by atoms with Gasteiger partial charge in [-0.1, -0.05) is 49.3 Å². The number of carbonyl (C=O) groups is 1. The summed E-state index contributed by atoms with van der Waals surface area (Å²) in [6.07, 6.45) is 5.23. The van der Waals surface area contributed by atoms with Crippen molar-refractivity contribution in [2.75, 3.05) is 6.54 Å². The smallest absolute Gasteiger partial charge is 0.222 e. The Kier molecular flexibility index (Phi) is 4.91. The van der Waals surface area contributed by atoms with E-state index in [1.165, 1.54) is 12.8 Å². The number of likely N-dealkylation sites (tertiary alicyclic amines) is 1. The third kappa shape index (κ3) is 4.03. The van der Waals surface area contributed by atoms with Gasteiger partial charge in [0.25, 0.3) is 0 Å². The van der Waals surface area contributed by atoms with E-state index in [1.54, 1.807) is 0 Å². The van der Waals surface area contributed by atoms with Crippen LogP contribution >= 0.6 is 12.2 Å². The highest BCUT2D eigenvalue weighted by molar-refractivity contribution is 7.80. The van der Waals surface area contributed by atoms with Crippen molar-refractivity contribution >= 4 is 23.1 Å². The average molecular weight is 276 g/mol. The van der Waals surface area contributed by atoms with Gasteiger partial charge in [0, 0.05) is 25.1 Å². The van der Waals surface area contributed by atoms with Crippen molar-refractivity contribution in [1.82, 2.24) is 4.90 Å². The monoisotopic (exact) mass is 276 g/mol. The molecule has 1 aromatic rings. The Morgan fingerprint density at radius 3 is 2.53 bits per heavy atom. The normalized spacial score (nSPS) is 16.8. The molecule has 1 fully saturated rings. The Hall–Kier alpha value is -1.42. The van der Waals surface area contributed by atoms with Crippen LogP contribution < -0.4 is 5.73 Å². The minimum atomic E-state index is 0.276. The molecule has 19 heavy (non-hydrogen) atoms. The summed E-state index contributed by atoms with van der Waals surface area (Å²) >= 11 is 4.93. The Morgan fingerprint density at radius 2 is 1.84 bits per heavy atom. The fraction of sp³-hybridized carbons (Fsp3) is 0.467. The molecule has 0 unspecified atom stereocenters. The Bertz CT molecular complexity index is 456. The molecule has 0 radical (unpaired) electrons. The number of hydrogen-bond acceptors (Lipinski definition) is 2. The minimum absolute atomic E-state index is 0.276. The van der Waals surface area contributed by atoms with Gasteiger partial charge in [-0.25, -0.2) is 0 Å². The number of nitrogens with zero attached hydrogens (tertiary/aromatic N) is 1.